The zero-order chi connectivity index (χ0) is 21.5. The number of hydrogen-bond donors (Lipinski definition) is 3. The van der Waals surface area contributed by atoms with Gasteiger partial charge in [0.1, 0.15) is 0 Å². The Morgan fingerprint density at radius 1 is 0.800 bits per heavy atom. The van der Waals surface area contributed by atoms with Crippen molar-refractivity contribution in [3.8, 4) is 11.1 Å². The van der Waals surface area contributed by atoms with E-state index in [4.69, 9.17) is 11.5 Å². The maximum Gasteiger partial charge on any atom is 0.285 e. The molecule has 0 saturated heterocycles. The Morgan fingerprint density at radius 2 is 1.43 bits per heavy atom. The Labute approximate surface area is 174 Å². The van der Waals surface area contributed by atoms with Crippen molar-refractivity contribution < 1.29 is 16.8 Å². The van der Waals surface area contributed by atoms with Crippen LogP contribution >= 0.6 is 0 Å². The second-order valence-corrected chi connectivity index (χ2v) is 10.1. The Kier molecular flexibility index (Phi) is 4.75. The van der Waals surface area contributed by atoms with Gasteiger partial charge in [-0.15, -0.1) is 4.40 Å². The van der Waals surface area contributed by atoms with Crippen LogP contribution in [0.4, 0.5) is 5.69 Å². The molecule has 0 aromatic heterocycles. The summed E-state index contributed by atoms with van der Waals surface area (Å²) in [6.07, 6.45) is 0.673. The van der Waals surface area contributed by atoms with E-state index in [1.165, 1.54) is 24.3 Å². The van der Waals surface area contributed by atoms with E-state index in [0.717, 1.165) is 22.3 Å². The van der Waals surface area contributed by atoms with Crippen LogP contribution in [0.5, 0.6) is 0 Å². The molecule has 0 aliphatic heterocycles. The zero-order valence-electron chi connectivity index (χ0n) is 15.6. The number of fused-ring (bicyclic) bond motifs is 3. The van der Waals surface area contributed by atoms with E-state index < -0.39 is 26.0 Å². The molecule has 0 atom stereocenters. The molecule has 1 aliphatic carbocycles. The minimum absolute atomic E-state index is 0.131. The van der Waals surface area contributed by atoms with Crippen molar-refractivity contribution in [2.24, 2.45) is 15.9 Å². The number of nitrogens with zero attached hydrogens (tertiary/aromatic N) is 1. The summed E-state index contributed by atoms with van der Waals surface area (Å²) in [5.74, 6) is -0.585. The quantitative estimate of drug-likeness (QED) is 0.318. The molecule has 10 heteroatoms. The molecule has 154 valence electrons. The third-order valence-corrected chi connectivity index (χ3v) is 7.40. The highest BCUT2D eigenvalue weighted by Gasteiger charge is 2.22. The smallest absolute Gasteiger partial charge is 0.285 e. The highest BCUT2D eigenvalue weighted by atomic mass is 32.2. The number of nitrogens with two attached hydrogens (primary N) is 2. The molecule has 30 heavy (non-hydrogen) atoms. The largest absolute Gasteiger partial charge is 0.369 e. The molecular weight excluding hydrogens is 424 g/mol. The van der Waals surface area contributed by atoms with Crippen molar-refractivity contribution in [1.82, 2.24) is 0 Å². The fraction of sp³-hybridized carbons (Fsp3) is 0.0500. The average Bonchev–Trinajstić information content (AvgIpc) is 3.05. The summed E-state index contributed by atoms with van der Waals surface area (Å²) >= 11 is 0. The van der Waals surface area contributed by atoms with E-state index in [-0.39, 0.29) is 15.5 Å². The lowest BCUT2D eigenvalue weighted by Crippen LogP contribution is -2.24. The van der Waals surface area contributed by atoms with Crippen LogP contribution in [-0.2, 0) is 26.5 Å². The summed E-state index contributed by atoms with van der Waals surface area (Å²) < 4.78 is 55.2. The fourth-order valence-electron chi connectivity index (χ4n) is 3.39. The first-order valence-electron chi connectivity index (χ1n) is 8.86. The van der Waals surface area contributed by atoms with Crippen molar-refractivity contribution in [3.05, 3.63) is 77.9 Å². The molecule has 0 radical (unpaired) electrons. The van der Waals surface area contributed by atoms with Crippen LogP contribution in [0.2, 0.25) is 0 Å². The summed E-state index contributed by atoms with van der Waals surface area (Å²) in [4.78, 5) is -0.0274. The highest BCUT2D eigenvalue weighted by molar-refractivity contribution is 7.92. The van der Waals surface area contributed by atoms with Crippen molar-refractivity contribution >= 4 is 31.7 Å². The van der Waals surface area contributed by atoms with Gasteiger partial charge >= 0.3 is 0 Å². The van der Waals surface area contributed by atoms with Crippen molar-refractivity contribution in [2.45, 2.75) is 16.2 Å². The molecule has 0 saturated carbocycles. The maximum atomic E-state index is 12.8. The first-order valence-corrected chi connectivity index (χ1v) is 11.8. The van der Waals surface area contributed by atoms with Gasteiger partial charge in [0, 0.05) is 5.69 Å². The molecule has 0 bridgehead atoms. The molecule has 0 heterocycles. The monoisotopic (exact) mass is 442 g/mol. The number of rotatable bonds is 5. The molecule has 3 aromatic rings. The number of nitrogens with one attached hydrogen (secondary N) is 1. The number of anilines is 1. The van der Waals surface area contributed by atoms with Gasteiger partial charge < -0.3 is 11.5 Å². The van der Waals surface area contributed by atoms with Gasteiger partial charge in [0.05, 0.1) is 9.79 Å². The second-order valence-electron chi connectivity index (χ2n) is 6.77. The third kappa shape index (κ3) is 3.74. The van der Waals surface area contributed by atoms with Crippen LogP contribution in [0.25, 0.3) is 11.1 Å². The lowest BCUT2D eigenvalue weighted by atomic mass is 10.1. The van der Waals surface area contributed by atoms with E-state index in [0.29, 0.717) is 6.42 Å². The fourth-order valence-corrected chi connectivity index (χ4v) is 5.36. The highest BCUT2D eigenvalue weighted by Crippen LogP contribution is 2.37. The van der Waals surface area contributed by atoms with Crippen LogP contribution in [0.15, 0.2) is 80.9 Å². The molecule has 8 nitrogen and oxygen atoms in total. The molecule has 0 fully saturated rings. The number of guanidine groups is 1. The van der Waals surface area contributed by atoms with E-state index in [1.54, 1.807) is 18.2 Å². The Bertz CT molecular complexity index is 1380. The van der Waals surface area contributed by atoms with Gasteiger partial charge in [-0.2, -0.15) is 8.42 Å². The van der Waals surface area contributed by atoms with Gasteiger partial charge in [-0.3, -0.25) is 4.72 Å². The zero-order valence-corrected chi connectivity index (χ0v) is 17.2. The standard InChI is InChI=1S/C20H18N4O4S2/c21-20(22)24-29(25,26)16-7-5-15(6-8-16)23-30(27,28)17-9-10-19-14(12-17)11-13-3-1-2-4-18(13)19/h1-10,12,23H,11H2,(H4,21,22,24). The van der Waals surface area contributed by atoms with Crippen LogP contribution in [0.1, 0.15) is 11.1 Å². The molecule has 0 unspecified atom stereocenters. The van der Waals surface area contributed by atoms with Gasteiger partial charge in [0.25, 0.3) is 20.0 Å². The summed E-state index contributed by atoms with van der Waals surface area (Å²) in [6.45, 7) is 0. The van der Waals surface area contributed by atoms with Gasteiger partial charge in [-0.05, 0) is 65.1 Å². The van der Waals surface area contributed by atoms with E-state index >= 15 is 0 Å². The van der Waals surface area contributed by atoms with Crippen LogP contribution in [-0.4, -0.2) is 22.8 Å². The first-order chi connectivity index (χ1) is 14.2. The third-order valence-electron chi connectivity index (χ3n) is 4.71. The summed E-state index contributed by atoms with van der Waals surface area (Å²) in [6, 6.07) is 18.1. The van der Waals surface area contributed by atoms with Crippen molar-refractivity contribution in [2.75, 3.05) is 4.72 Å². The van der Waals surface area contributed by atoms with Crippen molar-refractivity contribution in [1.29, 1.82) is 0 Å². The Morgan fingerprint density at radius 3 is 2.13 bits per heavy atom. The van der Waals surface area contributed by atoms with Crippen LogP contribution in [0.3, 0.4) is 0 Å². The van der Waals surface area contributed by atoms with Crippen LogP contribution in [0, 0.1) is 0 Å². The predicted molar refractivity (Wildman–Crippen MR) is 115 cm³/mol. The van der Waals surface area contributed by atoms with E-state index in [9.17, 15) is 16.8 Å². The molecule has 0 amide bonds. The van der Waals surface area contributed by atoms with Gasteiger partial charge in [-0.1, -0.05) is 30.3 Å². The molecule has 5 N–H and O–H groups in total. The molecule has 3 aromatic carbocycles. The Balaban J connectivity index is 1.59. The molecular formula is C20H18N4O4S2. The summed E-state index contributed by atoms with van der Waals surface area (Å²) in [7, 11) is -7.90. The topological polar surface area (TPSA) is 145 Å². The Hall–Kier alpha value is -3.37. The minimum Gasteiger partial charge on any atom is -0.369 e. The van der Waals surface area contributed by atoms with Gasteiger partial charge in [0.15, 0.2) is 0 Å². The lowest BCUT2D eigenvalue weighted by molar-refractivity contribution is 0.597. The molecule has 0 spiro atoms. The SMILES string of the molecule is NC(N)=NS(=O)(=O)c1ccc(NS(=O)(=O)c2ccc3c(c2)Cc2ccccc2-3)cc1. The summed E-state index contributed by atoms with van der Waals surface area (Å²) in [5.41, 5.74) is 14.7. The first kappa shape index (κ1) is 19.9. The van der Waals surface area contributed by atoms with E-state index in [2.05, 4.69) is 9.12 Å². The summed E-state index contributed by atoms with van der Waals surface area (Å²) in [5, 5.41) is 0. The predicted octanol–water partition coefficient (Wildman–Crippen LogP) is 2.02. The number of benzene rings is 3. The molecule has 1 aliphatic rings. The normalized spacial score (nSPS) is 12.7. The van der Waals surface area contributed by atoms with E-state index in [1.807, 2.05) is 24.3 Å². The number of sulfonamides is 2. The minimum atomic E-state index is -4.04. The van der Waals surface area contributed by atoms with Gasteiger partial charge in [-0.25, -0.2) is 8.42 Å². The van der Waals surface area contributed by atoms with Crippen molar-refractivity contribution in [3.63, 3.8) is 0 Å². The lowest BCUT2D eigenvalue weighted by Gasteiger charge is -2.10. The number of hydrogen-bond acceptors (Lipinski definition) is 4. The average molecular weight is 443 g/mol. The second kappa shape index (κ2) is 7.15. The molecule has 4 rings (SSSR count). The maximum absolute atomic E-state index is 12.8. The van der Waals surface area contributed by atoms with Crippen LogP contribution < -0.4 is 16.2 Å². The van der Waals surface area contributed by atoms with Gasteiger partial charge in [0.2, 0.25) is 5.96 Å².